The summed E-state index contributed by atoms with van der Waals surface area (Å²) in [4.78, 5) is 11.7. The van der Waals surface area contributed by atoms with Gasteiger partial charge >= 0.3 is 0 Å². The van der Waals surface area contributed by atoms with Crippen molar-refractivity contribution in [2.45, 2.75) is 33.2 Å². The van der Waals surface area contributed by atoms with Crippen LogP contribution in [0.25, 0.3) is 0 Å². The molecule has 0 aliphatic rings. The second kappa shape index (κ2) is 7.79. The molecule has 0 bridgehead atoms. The van der Waals surface area contributed by atoms with Crippen LogP contribution in [0.1, 0.15) is 25.8 Å². The average Bonchev–Trinajstić information content (AvgIpc) is 2.43. The molecule has 1 rings (SSSR count). The van der Waals surface area contributed by atoms with E-state index in [-0.39, 0.29) is 11.8 Å². The normalized spacial score (nSPS) is 13.7. The number of para-hydroxylation sites is 1. The summed E-state index contributed by atoms with van der Waals surface area (Å²) in [5, 5.41) is 2.80. The monoisotopic (exact) mass is 264 g/mol. The van der Waals surface area contributed by atoms with E-state index < -0.39 is 6.04 Å². The Bertz CT molecular complexity index is 407. The molecule has 0 saturated heterocycles. The van der Waals surface area contributed by atoms with Crippen molar-refractivity contribution in [1.82, 2.24) is 5.32 Å². The lowest BCUT2D eigenvalue weighted by atomic mass is 9.99. The van der Waals surface area contributed by atoms with Crippen molar-refractivity contribution in [3.8, 4) is 5.75 Å². The molecule has 2 atom stereocenters. The maximum Gasteiger partial charge on any atom is 0.237 e. The first-order valence-corrected chi connectivity index (χ1v) is 6.78. The minimum Gasteiger partial charge on any atom is -0.491 e. The highest BCUT2D eigenvalue weighted by Gasteiger charge is 2.18. The Kier molecular flexibility index (Phi) is 6.36. The van der Waals surface area contributed by atoms with Gasteiger partial charge < -0.3 is 15.8 Å². The highest BCUT2D eigenvalue weighted by Crippen LogP contribution is 2.15. The largest absolute Gasteiger partial charge is 0.491 e. The molecule has 4 nitrogen and oxygen atoms in total. The first-order valence-electron chi connectivity index (χ1n) is 6.78. The molecule has 0 aliphatic heterocycles. The summed E-state index contributed by atoms with van der Waals surface area (Å²) < 4.78 is 5.60. The van der Waals surface area contributed by atoms with Crippen molar-refractivity contribution in [2.24, 2.45) is 11.7 Å². The van der Waals surface area contributed by atoms with Crippen LogP contribution in [0, 0.1) is 12.8 Å². The van der Waals surface area contributed by atoms with E-state index in [9.17, 15) is 4.79 Å². The fraction of sp³-hybridized carbons (Fsp3) is 0.533. The number of aryl methyl sites for hydroxylation is 1. The highest BCUT2D eigenvalue weighted by molar-refractivity contribution is 5.81. The molecule has 1 aromatic carbocycles. The summed E-state index contributed by atoms with van der Waals surface area (Å²) in [6, 6.07) is 7.37. The lowest BCUT2D eigenvalue weighted by Crippen LogP contribution is -2.45. The number of nitrogens with two attached hydrogens (primary N) is 1. The second-order valence-corrected chi connectivity index (χ2v) is 4.82. The molecular weight excluding hydrogens is 240 g/mol. The molecule has 1 amide bonds. The molecule has 0 radical (unpaired) electrons. The van der Waals surface area contributed by atoms with Gasteiger partial charge in [0, 0.05) is 0 Å². The van der Waals surface area contributed by atoms with Gasteiger partial charge in [0.2, 0.25) is 5.91 Å². The quantitative estimate of drug-likeness (QED) is 0.739. The Labute approximate surface area is 115 Å². The van der Waals surface area contributed by atoms with E-state index in [1.54, 1.807) is 0 Å². The van der Waals surface area contributed by atoms with E-state index in [0.29, 0.717) is 13.2 Å². The van der Waals surface area contributed by atoms with E-state index in [1.165, 1.54) is 0 Å². The molecule has 0 fully saturated rings. The van der Waals surface area contributed by atoms with Crippen molar-refractivity contribution >= 4 is 5.91 Å². The van der Waals surface area contributed by atoms with Crippen LogP contribution in [-0.4, -0.2) is 25.1 Å². The third-order valence-electron chi connectivity index (χ3n) is 3.31. The van der Waals surface area contributed by atoms with Gasteiger partial charge in [0.25, 0.3) is 0 Å². The van der Waals surface area contributed by atoms with Crippen molar-refractivity contribution in [1.29, 1.82) is 0 Å². The number of amides is 1. The van der Waals surface area contributed by atoms with E-state index in [1.807, 2.05) is 45.0 Å². The highest BCUT2D eigenvalue weighted by atomic mass is 16.5. The van der Waals surface area contributed by atoms with E-state index >= 15 is 0 Å². The smallest absolute Gasteiger partial charge is 0.237 e. The third kappa shape index (κ3) is 4.91. The van der Waals surface area contributed by atoms with Gasteiger partial charge in [0.05, 0.1) is 12.6 Å². The molecule has 0 saturated carbocycles. The molecule has 0 spiro atoms. The number of rotatable bonds is 7. The summed E-state index contributed by atoms with van der Waals surface area (Å²) in [7, 11) is 0. The second-order valence-electron chi connectivity index (χ2n) is 4.82. The van der Waals surface area contributed by atoms with Gasteiger partial charge in [-0.3, -0.25) is 4.79 Å². The Hall–Kier alpha value is -1.55. The molecular formula is C15H24N2O2. The third-order valence-corrected chi connectivity index (χ3v) is 3.31. The molecule has 106 valence electrons. The summed E-state index contributed by atoms with van der Waals surface area (Å²) in [6.45, 7) is 6.92. The fourth-order valence-electron chi connectivity index (χ4n) is 1.68. The minimum absolute atomic E-state index is 0.109. The maximum atomic E-state index is 11.7. The van der Waals surface area contributed by atoms with Gasteiger partial charge in [0.1, 0.15) is 12.4 Å². The van der Waals surface area contributed by atoms with Gasteiger partial charge in [-0.1, -0.05) is 38.5 Å². The molecule has 2 unspecified atom stereocenters. The standard InChI is InChI=1S/C15H24N2O2/c1-4-11(2)14(16)15(18)17-9-10-19-13-8-6-5-7-12(13)3/h5-8,11,14H,4,9-10,16H2,1-3H3,(H,17,18). The van der Waals surface area contributed by atoms with Gasteiger partial charge in [-0.15, -0.1) is 0 Å². The molecule has 1 aromatic rings. The molecule has 19 heavy (non-hydrogen) atoms. The van der Waals surface area contributed by atoms with E-state index in [0.717, 1.165) is 17.7 Å². The lowest BCUT2D eigenvalue weighted by Gasteiger charge is -2.17. The van der Waals surface area contributed by atoms with Crippen molar-refractivity contribution in [3.63, 3.8) is 0 Å². The van der Waals surface area contributed by atoms with Crippen molar-refractivity contribution < 1.29 is 9.53 Å². The van der Waals surface area contributed by atoms with Crippen molar-refractivity contribution in [2.75, 3.05) is 13.2 Å². The summed E-state index contributed by atoms with van der Waals surface area (Å²) >= 11 is 0. The van der Waals surface area contributed by atoms with Crippen LogP contribution < -0.4 is 15.8 Å². The van der Waals surface area contributed by atoms with Crippen LogP contribution in [0.2, 0.25) is 0 Å². The fourth-order valence-corrected chi connectivity index (χ4v) is 1.68. The van der Waals surface area contributed by atoms with Crippen LogP contribution in [0.15, 0.2) is 24.3 Å². The number of carbonyl (C=O) groups is 1. The predicted molar refractivity (Wildman–Crippen MR) is 77.1 cm³/mol. The van der Waals surface area contributed by atoms with Crippen LogP contribution in [0.3, 0.4) is 0 Å². The molecule has 0 aromatic heterocycles. The summed E-state index contributed by atoms with van der Waals surface area (Å²) in [6.07, 6.45) is 0.897. The number of carbonyl (C=O) groups excluding carboxylic acids is 1. The first-order chi connectivity index (χ1) is 9.06. The van der Waals surface area contributed by atoms with Crippen LogP contribution in [-0.2, 0) is 4.79 Å². The number of hydrogen-bond donors (Lipinski definition) is 2. The van der Waals surface area contributed by atoms with Gasteiger partial charge in [0.15, 0.2) is 0 Å². The first kappa shape index (κ1) is 15.5. The van der Waals surface area contributed by atoms with Gasteiger partial charge in [-0.25, -0.2) is 0 Å². The summed E-state index contributed by atoms with van der Waals surface area (Å²) in [5.41, 5.74) is 6.92. The Morgan fingerprint density at radius 2 is 2.11 bits per heavy atom. The lowest BCUT2D eigenvalue weighted by molar-refractivity contribution is -0.123. The Morgan fingerprint density at radius 3 is 2.74 bits per heavy atom. The predicted octanol–water partition coefficient (Wildman–Crippen LogP) is 1.86. The van der Waals surface area contributed by atoms with Crippen molar-refractivity contribution in [3.05, 3.63) is 29.8 Å². The van der Waals surface area contributed by atoms with E-state index in [2.05, 4.69) is 5.32 Å². The number of nitrogens with one attached hydrogen (secondary N) is 1. The maximum absolute atomic E-state index is 11.7. The molecule has 0 aliphatic carbocycles. The van der Waals surface area contributed by atoms with Crippen LogP contribution >= 0.6 is 0 Å². The number of benzene rings is 1. The zero-order valence-corrected chi connectivity index (χ0v) is 12.0. The Morgan fingerprint density at radius 1 is 1.42 bits per heavy atom. The van der Waals surface area contributed by atoms with Gasteiger partial charge in [-0.05, 0) is 24.5 Å². The topological polar surface area (TPSA) is 64.4 Å². The Balaban J connectivity index is 2.28. The number of hydrogen-bond acceptors (Lipinski definition) is 3. The van der Waals surface area contributed by atoms with E-state index in [4.69, 9.17) is 10.5 Å². The van der Waals surface area contributed by atoms with Gasteiger partial charge in [-0.2, -0.15) is 0 Å². The van der Waals surface area contributed by atoms with Crippen LogP contribution in [0.5, 0.6) is 5.75 Å². The zero-order chi connectivity index (χ0) is 14.3. The SMILES string of the molecule is CCC(C)C(N)C(=O)NCCOc1ccccc1C. The molecule has 0 heterocycles. The van der Waals surface area contributed by atoms with Crippen LogP contribution in [0.4, 0.5) is 0 Å². The summed E-state index contributed by atoms with van der Waals surface area (Å²) in [5.74, 6) is 0.933. The average molecular weight is 264 g/mol. The zero-order valence-electron chi connectivity index (χ0n) is 12.0. The molecule has 4 heteroatoms. The molecule has 3 N–H and O–H groups in total. The minimum atomic E-state index is -0.441. The number of ether oxygens (including phenoxy) is 1.